The van der Waals surface area contributed by atoms with Crippen LogP contribution in [0.25, 0.3) is 55.7 Å². The third-order valence-corrected chi connectivity index (χ3v) is 7.32. The van der Waals surface area contributed by atoms with Gasteiger partial charge in [-0.3, -0.25) is 20.0 Å². The maximum Gasteiger partial charge on any atom is 0.159 e. The Bertz CT molecular complexity index is 1750. The number of pyridine rings is 2. The number of halogens is 1. The van der Waals surface area contributed by atoms with Crippen LogP contribution < -0.4 is 0 Å². The molecule has 6 aromatic rings. The highest BCUT2D eigenvalue weighted by molar-refractivity contribution is 5.98. The average molecular weight is 504 g/mol. The van der Waals surface area contributed by atoms with E-state index in [4.69, 9.17) is 4.98 Å². The van der Waals surface area contributed by atoms with Crippen molar-refractivity contribution in [2.75, 3.05) is 13.1 Å². The molecule has 4 aromatic heterocycles. The largest absolute Gasteiger partial charge is 0.335 e. The van der Waals surface area contributed by atoms with Crippen molar-refractivity contribution in [3.8, 4) is 33.8 Å². The predicted molar refractivity (Wildman–Crippen MR) is 147 cm³/mol. The minimum absolute atomic E-state index is 0.275. The second-order valence-electron chi connectivity index (χ2n) is 9.93. The van der Waals surface area contributed by atoms with Crippen LogP contribution in [0.2, 0.25) is 0 Å². The molecule has 0 aliphatic carbocycles. The molecule has 8 heteroatoms. The van der Waals surface area contributed by atoms with E-state index in [2.05, 4.69) is 48.2 Å². The van der Waals surface area contributed by atoms with Gasteiger partial charge in [0.2, 0.25) is 0 Å². The number of nitrogens with zero attached hydrogens (tertiary/aromatic N) is 5. The van der Waals surface area contributed by atoms with Crippen LogP contribution in [0.3, 0.4) is 0 Å². The van der Waals surface area contributed by atoms with Gasteiger partial charge in [0.15, 0.2) is 5.82 Å². The molecule has 2 N–H and O–H groups in total. The molecule has 7 nitrogen and oxygen atoms in total. The second kappa shape index (κ2) is 9.46. The van der Waals surface area contributed by atoms with E-state index in [9.17, 15) is 4.39 Å². The Labute approximate surface area is 218 Å². The molecule has 5 heterocycles. The Morgan fingerprint density at radius 2 is 1.61 bits per heavy atom. The van der Waals surface area contributed by atoms with Crippen LogP contribution >= 0.6 is 0 Å². The number of aromatic nitrogens is 6. The van der Waals surface area contributed by atoms with Crippen molar-refractivity contribution in [1.29, 1.82) is 0 Å². The van der Waals surface area contributed by atoms with Gasteiger partial charge in [0.25, 0.3) is 0 Å². The van der Waals surface area contributed by atoms with Gasteiger partial charge in [0.05, 0.1) is 22.7 Å². The number of H-pyrrole nitrogens is 2. The van der Waals surface area contributed by atoms with Crippen LogP contribution in [0, 0.1) is 5.82 Å². The van der Waals surface area contributed by atoms with Gasteiger partial charge in [-0.1, -0.05) is 24.6 Å². The lowest BCUT2D eigenvalue weighted by Crippen LogP contribution is -2.29. The fourth-order valence-electron chi connectivity index (χ4n) is 5.37. The van der Waals surface area contributed by atoms with Crippen LogP contribution in [0.4, 0.5) is 4.39 Å². The number of likely N-dealkylation sites (tertiary alicyclic amines) is 1. The molecule has 1 saturated heterocycles. The normalized spacial score (nSPS) is 14.4. The highest BCUT2D eigenvalue weighted by Gasteiger charge is 2.17. The summed E-state index contributed by atoms with van der Waals surface area (Å²) < 4.78 is 13.5. The van der Waals surface area contributed by atoms with E-state index < -0.39 is 0 Å². The molecule has 0 bridgehead atoms. The first kappa shape index (κ1) is 22.7. The third kappa shape index (κ3) is 4.22. The van der Waals surface area contributed by atoms with Crippen molar-refractivity contribution >= 4 is 21.9 Å². The molecule has 0 atom stereocenters. The van der Waals surface area contributed by atoms with Crippen molar-refractivity contribution < 1.29 is 4.39 Å². The molecule has 0 unspecified atom stereocenters. The van der Waals surface area contributed by atoms with E-state index in [0.717, 1.165) is 69.5 Å². The number of benzene rings is 2. The van der Waals surface area contributed by atoms with Crippen molar-refractivity contribution in [2.24, 2.45) is 0 Å². The molecule has 1 aliphatic heterocycles. The summed E-state index contributed by atoms with van der Waals surface area (Å²) in [6.45, 7) is 3.25. The van der Waals surface area contributed by atoms with Crippen LogP contribution in [-0.2, 0) is 6.54 Å². The van der Waals surface area contributed by atoms with Crippen LogP contribution in [0.1, 0.15) is 24.8 Å². The number of nitrogens with one attached hydrogen (secondary N) is 2. The summed E-state index contributed by atoms with van der Waals surface area (Å²) >= 11 is 0. The van der Waals surface area contributed by atoms with Crippen LogP contribution in [0.5, 0.6) is 0 Å². The summed E-state index contributed by atoms with van der Waals surface area (Å²) in [5.74, 6) is 0.374. The van der Waals surface area contributed by atoms with Gasteiger partial charge >= 0.3 is 0 Å². The topological polar surface area (TPSA) is 86.4 Å². The van der Waals surface area contributed by atoms with Gasteiger partial charge < -0.3 is 4.98 Å². The van der Waals surface area contributed by atoms with Gasteiger partial charge in [-0.05, 0) is 73.0 Å². The van der Waals surface area contributed by atoms with Crippen LogP contribution in [-0.4, -0.2) is 48.1 Å². The highest BCUT2D eigenvalue weighted by atomic mass is 19.1. The first-order chi connectivity index (χ1) is 18.7. The smallest absolute Gasteiger partial charge is 0.159 e. The minimum atomic E-state index is -0.275. The summed E-state index contributed by atoms with van der Waals surface area (Å²) in [4.78, 5) is 19.7. The van der Waals surface area contributed by atoms with Crippen molar-refractivity contribution in [2.45, 2.75) is 25.8 Å². The van der Waals surface area contributed by atoms with Gasteiger partial charge in [0, 0.05) is 41.6 Å². The highest BCUT2D eigenvalue weighted by Crippen LogP contribution is 2.33. The first-order valence-electron chi connectivity index (χ1n) is 13.0. The third-order valence-electron chi connectivity index (χ3n) is 7.32. The van der Waals surface area contributed by atoms with Crippen LogP contribution in [0.15, 0.2) is 73.3 Å². The molecule has 0 amide bonds. The van der Waals surface area contributed by atoms with Crippen molar-refractivity contribution in [1.82, 2.24) is 35.0 Å². The Kier molecular flexibility index (Phi) is 5.66. The average Bonchev–Trinajstić information content (AvgIpc) is 3.58. The Balaban J connectivity index is 1.25. The number of aromatic amines is 2. The molecule has 2 aromatic carbocycles. The monoisotopic (exact) mass is 503 g/mol. The molecular formula is C30H26FN7. The Hall–Kier alpha value is -4.43. The molecule has 188 valence electrons. The molecular weight excluding hydrogens is 477 g/mol. The quantitative estimate of drug-likeness (QED) is 0.286. The molecule has 0 radical (unpaired) electrons. The van der Waals surface area contributed by atoms with Gasteiger partial charge in [-0.2, -0.15) is 5.10 Å². The zero-order chi connectivity index (χ0) is 25.5. The summed E-state index contributed by atoms with van der Waals surface area (Å²) in [5, 5.41) is 8.70. The number of rotatable bonds is 5. The number of fused-ring (bicyclic) bond motifs is 2. The lowest BCUT2D eigenvalue weighted by Gasteiger charge is -2.26. The number of hydrogen-bond donors (Lipinski definition) is 2. The molecule has 0 spiro atoms. The fourth-order valence-corrected chi connectivity index (χ4v) is 5.37. The Morgan fingerprint density at radius 1 is 0.789 bits per heavy atom. The van der Waals surface area contributed by atoms with Gasteiger partial charge in [0.1, 0.15) is 11.5 Å². The van der Waals surface area contributed by atoms with Gasteiger partial charge in [-0.15, -0.1) is 0 Å². The molecule has 7 rings (SSSR count). The van der Waals surface area contributed by atoms with E-state index in [1.807, 2.05) is 18.5 Å². The zero-order valence-corrected chi connectivity index (χ0v) is 20.8. The number of piperidine rings is 1. The molecule has 0 saturated carbocycles. The maximum atomic E-state index is 13.5. The predicted octanol–water partition coefficient (Wildman–Crippen LogP) is 6.36. The fraction of sp³-hybridized carbons (Fsp3) is 0.200. The minimum Gasteiger partial charge on any atom is -0.335 e. The van der Waals surface area contributed by atoms with Gasteiger partial charge in [-0.25, -0.2) is 9.37 Å². The van der Waals surface area contributed by atoms with E-state index in [1.165, 1.54) is 37.0 Å². The lowest BCUT2D eigenvalue weighted by atomic mass is 10.0. The van der Waals surface area contributed by atoms with E-state index >= 15 is 0 Å². The standard InChI is InChI=1S/C30H26FN7/c31-23-7-4-20(5-8-23)25-16-33-17-27-28(25)35-30(34-27)29-24-13-21(6-9-26(24)36-37-29)22-12-19(14-32-15-22)18-38-10-2-1-3-11-38/h4-9,12-17H,1-3,10-11,18H2,(H,34,35)(H,36,37). The van der Waals surface area contributed by atoms with Crippen molar-refractivity contribution in [3.05, 3.63) is 84.7 Å². The molecule has 1 aliphatic rings. The number of imidazole rings is 1. The lowest BCUT2D eigenvalue weighted by molar-refractivity contribution is 0.220. The molecule has 38 heavy (non-hydrogen) atoms. The zero-order valence-electron chi connectivity index (χ0n) is 20.8. The first-order valence-corrected chi connectivity index (χ1v) is 13.0. The summed E-state index contributed by atoms with van der Waals surface area (Å²) in [6, 6.07) is 14.9. The SMILES string of the molecule is Fc1ccc(-c2cncc3[nH]c(-c4n[nH]c5ccc(-c6cncc(CN7CCCCC7)c6)cc45)nc23)cc1. The van der Waals surface area contributed by atoms with Crippen molar-refractivity contribution in [3.63, 3.8) is 0 Å². The summed E-state index contributed by atoms with van der Waals surface area (Å²) in [7, 11) is 0. The maximum absolute atomic E-state index is 13.5. The molecule has 1 fully saturated rings. The number of hydrogen-bond acceptors (Lipinski definition) is 5. The van der Waals surface area contributed by atoms with E-state index in [-0.39, 0.29) is 5.82 Å². The second-order valence-corrected chi connectivity index (χ2v) is 9.93. The van der Waals surface area contributed by atoms with E-state index in [1.54, 1.807) is 24.5 Å². The Morgan fingerprint density at radius 3 is 2.47 bits per heavy atom. The summed E-state index contributed by atoms with van der Waals surface area (Å²) in [6.07, 6.45) is 11.3. The summed E-state index contributed by atoms with van der Waals surface area (Å²) in [5.41, 5.74) is 8.32. The van der Waals surface area contributed by atoms with E-state index in [0.29, 0.717) is 5.82 Å².